The van der Waals surface area contributed by atoms with Crippen LogP contribution in [0, 0.1) is 13.8 Å². The molecule has 2 aromatic heterocycles. The summed E-state index contributed by atoms with van der Waals surface area (Å²) in [5.74, 6) is 1.03. The highest BCUT2D eigenvalue weighted by Gasteiger charge is 2.13. The minimum absolute atomic E-state index is 0.0497. The first-order chi connectivity index (χ1) is 12.5. The van der Waals surface area contributed by atoms with E-state index in [0.29, 0.717) is 30.0 Å². The lowest BCUT2D eigenvalue weighted by atomic mass is 10.2. The third kappa shape index (κ3) is 6.95. The maximum atomic E-state index is 8.67. The van der Waals surface area contributed by atoms with Crippen molar-refractivity contribution in [2.45, 2.75) is 45.9 Å². The number of ether oxygens (including phenoxy) is 1. The molecule has 0 bridgehead atoms. The van der Waals surface area contributed by atoms with E-state index in [0.717, 1.165) is 30.0 Å². The summed E-state index contributed by atoms with van der Waals surface area (Å²) in [5, 5.41) is 12.1. The zero-order valence-electron chi connectivity index (χ0n) is 15.5. The maximum absolute atomic E-state index is 8.67. The van der Waals surface area contributed by atoms with Crippen LogP contribution >= 0.6 is 0 Å². The molecule has 0 amide bonds. The minimum Gasteiger partial charge on any atom is -0.390 e. The topological polar surface area (TPSA) is 119 Å². The van der Waals surface area contributed by atoms with Gasteiger partial charge >= 0.3 is 0 Å². The van der Waals surface area contributed by atoms with Crippen molar-refractivity contribution in [2.75, 3.05) is 24.6 Å². The smallest absolute Gasteiger partial charge is 0.123 e. The van der Waals surface area contributed by atoms with E-state index in [-0.39, 0.29) is 6.61 Å². The van der Waals surface area contributed by atoms with Crippen molar-refractivity contribution in [3.05, 3.63) is 46.8 Å². The van der Waals surface area contributed by atoms with Crippen molar-refractivity contribution in [1.29, 1.82) is 0 Å². The first kappa shape index (κ1) is 20.1. The second-order valence-corrected chi connectivity index (χ2v) is 6.59. The van der Waals surface area contributed by atoms with Crippen LogP contribution in [0.4, 0.5) is 11.6 Å². The molecule has 1 fully saturated rings. The number of hydrogen-bond donors (Lipinski definition) is 4. The number of aliphatic hydroxyl groups is 1. The zero-order valence-corrected chi connectivity index (χ0v) is 15.5. The molecule has 7 heteroatoms. The predicted octanol–water partition coefficient (Wildman–Crippen LogP) is 1.71. The summed E-state index contributed by atoms with van der Waals surface area (Å²) in [4.78, 5) is 8.11. The summed E-state index contributed by atoms with van der Waals surface area (Å²) in [7, 11) is 0. The Hall–Kier alpha value is -2.22. The number of aryl methyl sites for hydroxylation is 2. The first-order valence-electron chi connectivity index (χ1n) is 8.84. The van der Waals surface area contributed by atoms with Gasteiger partial charge in [-0.2, -0.15) is 0 Å². The molecule has 1 aliphatic heterocycles. The van der Waals surface area contributed by atoms with Gasteiger partial charge in [-0.1, -0.05) is 0 Å². The Bertz CT molecular complexity index is 662. The van der Waals surface area contributed by atoms with E-state index < -0.39 is 0 Å². The molecule has 3 rings (SSSR count). The fraction of sp³-hybridized carbons (Fsp3) is 0.474. The van der Waals surface area contributed by atoms with E-state index in [9.17, 15) is 0 Å². The number of hydrogen-bond acceptors (Lipinski definition) is 7. The lowest BCUT2D eigenvalue weighted by molar-refractivity contribution is 0.101. The van der Waals surface area contributed by atoms with E-state index in [4.69, 9.17) is 21.3 Å². The van der Waals surface area contributed by atoms with Crippen molar-refractivity contribution in [2.24, 2.45) is 0 Å². The van der Waals surface area contributed by atoms with Gasteiger partial charge in [-0.15, -0.1) is 0 Å². The van der Waals surface area contributed by atoms with Crippen LogP contribution in [-0.4, -0.2) is 34.3 Å². The monoisotopic (exact) mass is 359 g/mol. The molecule has 142 valence electrons. The van der Waals surface area contributed by atoms with E-state index >= 15 is 0 Å². The van der Waals surface area contributed by atoms with Crippen molar-refractivity contribution in [3.8, 4) is 0 Å². The molecule has 0 radical (unpaired) electrons. The third-order valence-corrected chi connectivity index (χ3v) is 3.98. The van der Waals surface area contributed by atoms with Crippen LogP contribution in [0.2, 0.25) is 0 Å². The van der Waals surface area contributed by atoms with Crippen molar-refractivity contribution >= 4 is 11.6 Å². The van der Waals surface area contributed by atoms with Crippen LogP contribution in [0.5, 0.6) is 0 Å². The molecule has 0 spiro atoms. The average molecular weight is 359 g/mol. The summed E-state index contributed by atoms with van der Waals surface area (Å²) in [6, 6.07) is 7.96. The number of pyridine rings is 2. The lowest BCUT2D eigenvalue weighted by Gasteiger charge is -2.10. The minimum atomic E-state index is -0.0497. The normalized spacial score (nSPS) is 16.2. The van der Waals surface area contributed by atoms with Crippen molar-refractivity contribution < 1.29 is 9.84 Å². The number of nitrogens with two attached hydrogens (primary N) is 2. The van der Waals surface area contributed by atoms with Crippen LogP contribution < -0.4 is 16.8 Å². The van der Waals surface area contributed by atoms with Gasteiger partial charge in [0.1, 0.15) is 11.6 Å². The largest absolute Gasteiger partial charge is 0.390 e. The molecule has 0 aliphatic carbocycles. The van der Waals surface area contributed by atoms with E-state index in [2.05, 4.69) is 15.3 Å². The van der Waals surface area contributed by atoms with Gasteiger partial charge in [0.25, 0.3) is 0 Å². The molecule has 2 aromatic rings. The summed E-state index contributed by atoms with van der Waals surface area (Å²) in [5.41, 5.74) is 14.8. The second kappa shape index (κ2) is 10.1. The highest BCUT2D eigenvalue weighted by Crippen LogP contribution is 2.09. The van der Waals surface area contributed by atoms with Crippen LogP contribution in [0.25, 0.3) is 0 Å². The molecular formula is C19H29N5O2. The van der Waals surface area contributed by atoms with E-state index in [1.165, 1.54) is 12.8 Å². The Morgan fingerprint density at radius 3 is 2.23 bits per heavy atom. The SMILES string of the molecule is Cc1cc(N)nc(CO)c1.Cc1cc(N)nc(COCC2CCCN2)c1. The number of rotatable bonds is 5. The molecule has 1 unspecified atom stereocenters. The quantitative estimate of drug-likeness (QED) is 0.641. The van der Waals surface area contributed by atoms with Crippen molar-refractivity contribution in [3.63, 3.8) is 0 Å². The van der Waals surface area contributed by atoms with Gasteiger partial charge < -0.3 is 26.6 Å². The van der Waals surface area contributed by atoms with Crippen LogP contribution in [0.15, 0.2) is 24.3 Å². The fourth-order valence-electron chi connectivity index (χ4n) is 2.90. The molecule has 3 heterocycles. The molecule has 0 saturated carbocycles. The highest BCUT2D eigenvalue weighted by molar-refractivity contribution is 5.34. The number of anilines is 2. The maximum Gasteiger partial charge on any atom is 0.123 e. The van der Waals surface area contributed by atoms with Gasteiger partial charge in [-0.05, 0) is 68.6 Å². The van der Waals surface area contributed by atoms with E-state index in [1.54, 1.807) is 12.1 Å². The Morgan fingerprint density at radius 1 is 1.08 bits per heavy atom. The molecule has 26 heavy (non-hydrogen) atoms. The third-order valence-electron chi connectivity index (χ3n) is 3.98. The molecule has 1 aliphatic rings. The van der Waals surface area contributed by atoms with Gasteiger partial charge in [0.05, 0.1) is 31.2 Å². The van der Waals surface area contributed by atoms with E-state index in [1.807, 2.05) is 26.0 Å². The molecule has 7 nitrogen and oxygen atoms in total. The summed E-state index contributed by atoms with van der Waals surface area (Å²) in [6.07, 6.45) is 2.47. The average Bonchev–Trinajstić information content (AvgIpc) is 3.07. The number of nitrogens with one attached hydrogen (secondary N) is 1. The molecular weight excluding hydrogens is 330 g/mol. The second-order valence-electron chi connectivity index (χ2n) is 6.59. The van der Waals surface area contributed by atoms with Crippen LogP contribution in [0.3, 0.4) is 0 Å². The standard InChI is InChI=1S/C12H19N3O.C7H10N2O/c1-9-5-11(15-12(13)6-9)8-16-7-10-3-2-4-14-10;1-5-2-6(4-10)9-7(8)3-5/h5-6,10,14H,2-4,7-8H2,1H3,(H2,13,15);2-3,10H,4H2,1H3,(H2,8,9). The summed E-state index contributed by atoms with van der Waals surface area (Å²) >= 11 is 0. The number of aromatic nitrogens is 2. The Morgan fingerprint density at radius 2 is 1.69 bits per heavy atom. The Kier molecular flexibility index (Phi) is 7.77. The summed E-state index contributed by atoms with van der Waals surface area (Å²) < 4.78 is 5.63. The lowest BCUT2D eigenvalue weighted by Crippen LogP contribution is -2.26. The predicted molar refractivity (Wildman–Crippen MR) is 103 cm³/mol. The number of nitrogens with zero attached hydrogens (tertiary/aromatic N) is 2. The van der Waals surface area contributed by atoms with Gasteiger partial charge in [0.15, 0.2) is 0 Å². The Labute approximate surface area is 154 Å². The Balaban J connectivity index is 0.000000209. The van der Waals surface area contributed by atoms with Crippen LogP contribution in [0.1, 0.15) is 35.4 Å². The van der Waals surface area contributed by atoms with Gasteiger partial charge in [0, 0.05) is 6.04 Å². The number of aliphatic hydroxyl groups excluding tert-OH is 1. The first-order valence-corrected chi connectivity index (χ1v) is 8.84. The molecule has 0 aromatic carbocycles. The molecule has 6 N–H and O–H groups in total. The summed E-state index contributed by atoms with van der Waals surface area (Å²) in [6.45, 7) is 6.30. The van der Waals surface area contributed by atoms with Gasteiger partial charge in [-0.25, -0.2) is 9.97 Å². The zero-order chi connectivity index (χ0) is 18.9. The van der Waals surface area contributed by atoms with Crippen molar-refractivity contribution in [1.82, 2.24) is 15.3 Å². The fourth-order valence-corrected chi connectivity index (χ4v) is 2.90. The number of nitrogen functional groups attached to an aromatic ring is 2. The van der Waals surface area contributed by atoms with Gasteiger partial charge in [-0.3, -0.25) is 0 Å². The molecule has 1 saturated heterocycles. The molecule has 1 atom stereocenters. The van der Waals surface area contributed by atoms with Crippen LogP contribution in [-0.2, 0) is 18.0 Å². The highest BCUT2D eigenvalue weighted by atomic mass is 16.5. The van der Waals surface area contributed by atoms with Gasteiger partial charge in [0.2, 0.25) is 0 Å².